The van der Waals surface area contributed by atoms with E-state index in [1.54, 1.807) is 6.26 Å². The van der Waals surface area contributed by atoms with Crippen LogP contribution < -0.4 is 16.0 Å². The number of halogens is 1. The normalized spacial score (nSPS) is 15.2. The van der Waals surface area contributed by atoms with Gasteiger partial charge in [-0.1, -0.05) is 18.2 Å². The van der Waals surface area contributed by atoms with E-state index < -0.39 is 0 Å². The van der Waals surface area contributed by atoms with E-state index in [-0.39, 0.29) is 6.04 Å². The first kappa shape index (κ1) is 11.8. The quantitative estimate of drug-likeness (QED) is 0.676. The molecule has 94 valence electrons. The fourth-order valence-electron chi connectivity index (χ4n) is 2.33. The molecule has 0 saturated heterocycles. The Labute approximate surface area is 113 Å². The Hall–Kier alpha value is -1.30. The van der Waals surface area contributed by atoms with Crippen LogP contribution in [0.3, 0.4) is 0 Å². The van der Waals surface area contributed by atoms with Gasteiger partial charge in [0.2, 0.25) is 0 Å². The second-order valence-corrected chi connectivity index (χ2v) is 4.90. The summed E-state index contributed by atoms with van der Waals surface area (Å²) in [5.41, 5.74) is 6.05. The lowest BCUT2D eigenvalue weighted by atomic mass is 9.98. The third-order valence-electron chi connectivity index (χ3n) is 3.18. The topological polar surface area (TPSA) is 60.4 Å². The van der Waals surface area contributed by atoms with Crippen molar-refractivity contribution in [2.24, 2.45) is 5.84 Å². The summed E-state index contributed by atoms with van der Waals surface area (Å²) in [4.78, 5) is 0. The molecule has 0 fully saturated rings. The van der Waals surface area contributed by atoms with Gasteiger partial charge in [-0.15, -0.1) is 0 Å². The highest BCUT2D eigenvalue weighted by Gasteiger charge is 2.24. The molecule has 18 heavy (non-hydrogen) atoms. The molecule has 1 aliphatic heterocycles. The van der Waals surface area contributed by atoms with Crippen molar-refractivity contribution in [2.45, 2.75) is 12.5 Å². The smallest absolute Gasteiger partial charge is 0.174 e. The molecule has 1 unspecified atom stereocenters. The maximum atomic E-state index is 5.71. The van der Waals surface area contributed by atoms with E-state index in [9.17, 15) is 0 Å². The number of benzene rings is 1. The van der Waals surface area contributed by atoms with Crippen molar-refractivity contribution in [3.63, 3.8) is 0 Å². The highest BCUT2D eigenvalue weighted by Crippen LogP contribution is 2.38. The summed E-state index contributed by atoms with van der Waals surface area (Å²) in [7, 11) is 0. The van der Waals surface area contributed by atoms with Gasteiger partial charge in [0.15, 0.2) is 4.67 Å². The molecule has 2 aromatic rings. The lowest BCUT2D eigenvalue weighted by Crippen LogP contribution is -2.29. The van der Waals surface area contributed by atoms with Gasteiger partial charge in [0.1, 0.15) is 5.75 Å². The van der Waals surface area contributed by atoms with E-state index in [2.05, 4.69) is 27.4 Å². The predicted molar refractivity (Wildman–Crippen MR) is 71.2 cm³/mol. The van der Waals surface area contributed by atoms with Crippen molar-refractivity contribution < 1.29 is 9.15 Å². The van der Waals surface area contributed by atoms with E-state index in [1.807, 2.05) is 18.2 Å². The Kier molecular flexibility index (Phi) is 3.11. The highest BCUT2D eigenvalue weighted by atomic mass is 79.9. The third kappa shape index (κ3) is 1.84. The first-order valence-electron chi connectivity index (χ1n) is 5.75. The summed E-state index contributed by atoms with van der Waals surface area (Å²) in [6.07, 6.45) is 2.58. The summed E-state index contributed by atoms with van der Waals surface area (Å²) in [6, 6.07) is 7.88. The van der Waals surface area contributed by atoms with Crippen molar-refractivity contribution in [3.8, 4) is 5.75 Å². The predicted octanol–water partition coefficient (Wildman–Crippen LogP) is 2.53. The van der Waals surface area contributed by atoms with Crippen LogP contribution in [0.5, 0.6) is 5.75 Å². The number of ether oxygens (including phenoxy) is 1. The highest BCUT2D eigenvalue weighted by molar-refractivity contribution is 9.10. The molecule has 3 N–H and O–H groups in total. The Morgan fingerprint density at radius 1 is 1.28 bits per heavy atom. The first-order valence-corrected chi connectivity index (χ1v) is 6.54. The molecule has 0 amide bonds. The molecule has 1 aliphatic rings. The van der Waals surface area contributed by atoms with Crippen molar-refractivity contribution in [2.75, 3.05) is 6.61 Å². The molecule has 1 atom stereocenters. The number of rotatable bonds is 3. The average molecular weight is 309 g/mol. The number of fused-ring (bicyclic) bond motifs is 1. The second kappa shape index (κ2) is 4.76. The number of hydrogen-bond acceptors (Lipinski definition) is 4. The fraction of sp³-hybridized carbons (Fsp3) is 0.231. The van der Waals surface area contributed by atoms with Crippen LogP contribution in [0, 0.1) is 0 Å². The van der Waals surface area contributed by atoms with E-state index in [0.717, 1.165) is 29.9 Å². The summed E-state index contributed by atoms with van der Waals surface area (Å²) >= 11 is 3.38. The van der Waals surface area contributed by atoms with Crippen LogP contribution in [0.25, 0.3) is 0 Å². The zero-order chi connectivity index (χ0) is 12.5. The van der Waals surface area contributed by atoms with Gasteiger partial charge in [-0.2, -0.15) is 0 Å². The van der Waals surface area contributed by atoms with Gasteiger partial charge in [-0.05, 0) is 27.6 Å². The van der Waals surface area contributed by atoms with Crippen LogP contribution in [0.15, 0.2) is 39.6 Å². The van der Waals surface area contributed by atoms with E-state index in [0.29, 0.717) is 4.67 Å². The fourth-order valence-corrected chi connectivity index (χ4v) is 2.79. The maximum absolute atomic E-state index is 5.71. The van der Waals surface area contributed by atoms with E-state index >= 15 is 0 Å². The number of hydrogen-bond donors (Lipinski definition) is 2. The summed E-state index contributed by atoms with van der Waals surface area (Å²) in [5.74, 6) is 6.63. The molecule has 0 spiro atoms. The molecule has 5 heteroatoms. The molecule has 3 rings (SSSR count). The Bertz CT molecular complexity index is 568. The Morgan fingerprint density at radius 2 is 2.17 bits per heavy atom. The first-order chi connectivity index (χ1) is 8.81. The summed E-state index contributed by atoms with van der Waals surface area (Å²) in [6.45, 7) is 0.732. The number of para-hydroxylation sites is 1. The lowest BCUT2D eigenvalue weighted by Gasteiger charge is -2.18. The minimum absolute atomic E-state index is 0.147. The molecular weight excluding hydrogens is 296 g/mol. The van der Waals surface area contributed by atoms with Crippen LogP contribution >= 0.6 is 15.9 Å². The van der Waals surface area contributed by atoms with E-state index in [1.165, 1.54) is 5.56 Å². The van der Waals surface area contributed by atoms with Gasteiger partial charge in [-0.3, -0.25) is 5.84 Å². The van der Waals surface area contributed by atoms with Gasteiger partial charge in [0.25, 0.3) is 0 Å². The van der Waals surface area contributed by atoms with Crippen molar-refractivity contribution >= 4 is 15.9 Å². The summed E-state index contributed by atoms with van der Waals surface area (Å²) < 4.78 is 11.7. The minimum atomic E-state index is -0.147. The largest absolute Gasteiger partial charge is 0.493 e. The lowest BCUT2D eigenvalue weighted by molar-refractivity contribution is 0.350. The zero-order valence-electron chi connectivity index (χ0n) is 9.65. The van der Waals surface area contributed by atoms with Crippen LogP contribution in [0.4, 0.5) is 0 Å². The average Bonchev–Trinajstić information content (AvgIpc) is 3.00. The maximum Gasteiger partial charge on any atom is 0.174 e. The Morgan fingerprint density at radius 3 is 2.89 bits per heavy atom. The van der Waals surface area contributed by atoms with Crippen molar-refractivity contribution in [1.82, 2.24) is 5.43 Å². The molecule has 2 heterocycles. The van der Waals surface area contributed by atoms with Crippen LogP contribution in [-0.4, -0.2) is 6.61 Å². The van der Waals surface area contributed by atoms with Gasteiger partial charge in [0, 0.05) is 17.5 Å². The molecule has 0 radical (unpaired) electrons. The van der Waals surface area contributed by atoms with Crippen LogP contribution in [0.2, 0.25) is 0 Å². The molecule has 1 aromatic heterocycles. The molecular formula is C13H13BrN2O2. The summed E-state index contributed by atoms with van der Waals surface area (Å²) in [5, 5.41) is 0. The van der Waals surface area contributed by atoms with Crippen molar-refractivity contribution in [1.29, 1.82) is 0 Å². The number of hydrazine groups is 1. The van der Waals surface area contributed by atoms with Gasteiger partial charge >= 0.3 is 0 Å². The van der Waals surface area contributed by atoms with Crippen LogP contribution in [-0.2, 0) is 6.42 Å². The van der Waals surface area contributed by atoms with Gasteiger partial charge in [-0.25, -0.2) is 5.43 Å². The van der Waals surface area contributed by atoms with Gasteiger partial charge < -0.3 is 9.15 Å². The monoisotopic (exact) mass is 308 g/mol. The second-order valence-electron chi connectivity index (χ2n) is 4.18. The van der Waals surface area contributed by atoms with Crippen molar-refractivity contribution in [3.05, 3.63) is 51.9 Å². The number of furan rings is 1. The molecule has 4 nitrogen and oxygen atoms in total. The van der Waals surface area contributed by atoms with Crippen LogP contribution in [0.1, 0.15) is 22.7 Å². The molecule has 0 aliphatic carbocycles. The minimum Gasteiger partial charge on any atom is -0.493 e. The van der Waals surface area contributed by atoms with Gasteiger partial charge in [0.05, 0.1) is 18.9 Å². The third-order valence-corrected chi connectivity index (χ3v) is 3.82. The standard InChI is InChI=1S/C13H13BrN2O2/c14-13-10(5-7-18-13)11(16-15)9-3-1-2-8-4-6-17-12(8)9/h1-3,5,7,11,16H,4,6,15H2. The Balaban J connectivity index is 2.08. The van der Waals surface area contributed by atoms with E-state index in [4.69, 9.17) is 15.0 Å². The zero-order valence-corrected chi connectivity index (χ0v) is 11.2. The number of nitrogens with two attached hydrogens (primary N) is 1. The SMILES string of the molecule is NNC(c1ccoc1Br)c1cccc2c1OCC2. The molecule has 0 bridgehead atoms. The molecule has 0 saturated carbocycles. The molecule has 1 aromatic carbocycles. The number of nitrogens with one attached hydrogen (secondary N) is 1.